The van der Waals surface area contributed by atoms with Crippen molar-refractivity contribution >= 4 is 11.9 Å². The van der Waals surface area contributed by atoms with E-state index in [0.29, 0.717) is 12.8 Å². The van der Waals surface area contributed by atoms with E-state index in [1.807, 2.05) is 6.92 Å². The zero-order valence-corrected chi connectivity index (χ0v) is 11.0. The van der Waals surface area contributed by atoms with Crippen molar-refractivity contribution in [2.75, 3.05) is 0 Å². The lowest BCUT2D eigenvalue weighted by Crippen LogP contribution is -2.40. The van der Waals surface area contributed by atoms with Gasteiger partial charge in [-0.25, -0.2) is 4.79 Å². The number of carboxylic acid groups (broad SMARTS) is 1. The predicted octanol–water partition coefficient (Wildman–Crippen LogP) is 2.10. The Labute approximate surface area is 107 Å². The van der Waals surface area contributed by atoms with Crippen molar-refractivity contribution in [1.82, 2.24) is 5.32 Å². The number of unbranched alkanes of at least 4 members (excludes halogenated alkanes) is 2. The average Bonchev–Trinajstić information content (AvgIpc) is 3.04. The van der Waals surface area contributed by atoms with Crippen molar-refractivity contribution in [2.45, 2.75) is 64.1 Å². The van der Waals surface area contributed by atoms with Crippen molar-refractivity contribution in [2.24, 2.45) is 10.2 Å². The zero-order chi connectivity index (χ0) is 13.6. The molecule has 1 rings (SSSR count). The second kappa shape index (κ2) is 6.47. The number of carboxylic acids is 1. The maximum atomic E-state index is 11.6. The normalized spacial score (nSPS) is 17.2. The number of aliphatic carboxylic acids is 1. The standard InChI is InChI=1S/C12H21N3O3/c1-3-4-5-6-9(11(17)18)13-10(16)7-8-12(2)14-15-12/h9H,3-8H2,1-2H3,(H,13,16)(H,17,18). The number of carbonyl (C=O) groups excluding carboxylic acids is 1. The van der Waals surface area contributed by atoms with Crippen LogP contribution in [0.4, 0.5) is 0 Å². The van der Waals surface area contributed by atoms with E-state index >= 15 is 0 Å². The summed E-state index contributed by atoms with van der Waals surface area (Å²) in [5.41, 5.74) is -0.404. The summed E-state index contributed by atoms with van der Waals surface area (Å²) in [6.07, 6.45) is 4.12. The van der Waals surface area contributed by atoms with Gasteiger partial charge in [0.1, 0.15) is 6.04 Å². The van der Waals surface area contributed by atoms with E-state index in [-0.39, 0.29) is 12.3 Å². The molecule has 1 aliphatic heterocycles. The van der Waals surface area contributed by atoms with Crippen molar-refractivity contribution in [3.63, 3.8) is 0 Å². The minimum absolute atomic E-state index is 0.238. The van der Waals surface area contributed by atoms with Gasteiger partial charge in [0.05, 0.1) is 0 Å². The first-order valence-electron chi connectivity index (χ1n) is 6.43. The molecule has 1 aliphatic rings. The lowest BCUT2D eigenvalue weighted by molar-refractivity contribution is -0.142. The quantitative estimate of drug-likeness (QED) is 0.618. The minimum Gasteiger partial charge on any atom is -0.480 e. The highest BCUT2D eigenvalue weighted by atomic mass is 16.4. The maximum Gasteiger partial charge on any atom is 0.326 e. The topological polar surface area (TPSA) is 91.1 Å². The molecule has 0 aromatic rings. The zero-order valence-electron chi connectivity index (χ0n) is 11.0. The Morgan fingerprint density at radius 2 is 2.00 bits per heavy atom. The molecule has 102 valence electrons. The van der Waals surface area contributed by atoms with Crippen LogP contribution in [-0.4, -0.2) is 28.7 Å². The van der Waals surface area contributed by atoms with Crippen LogP contribution in [-0.2, 0) is 9.59 Å². The van der Waals surface area contributed by atoms with E-state index in [9.17, 15) is 9.59 Å². The highest BCUT2D eigenvalue weighted by Crippen LogP contribution is 2.31. The smallest absolute Gasteiger partial charge is 0.326 e. The molecular formula is C12H21N3O3. The fourth-order valence-electron chi connectivity index (χ4n) is 1.66. The van der Waals surface area contributed by atoms with Gasteiger partial charge >= 0.3 is 5.97 Å². The molecule has 2 N–H and O–H groups in total. The monoisotopic (exact) mass is 255 g/mol. The third-order valence-electron chi connectivity index (χ3n) is 3.00. The van der Waals surface area contributed by atoms with E-state index in [1.165, 1.54) is 0 Å². The van der Waals surface area contributed by atoms with Crippen LogP contribution in [0.5, 0.6) is 0 Å². The van der Waals surface area contributed by atoms with Gasteiger partial charge in [0, 0.05) is 12.8 Å². The molecule has 0 bridgehead atoms. The van der Waals surface area contributed by atoms with Crippen LogP contribution in [0, 0.1) is 0 Å². The van der Waals surface area contributed by atoms with Crippen LogP contribution in [0.15, 0.2) is 10.2 Å². The Hall–Kier alpha value is -1.46. The van der Waals surface area contributed by atoms with Gasteiger partial charge in [-0.3, -0.25) is 4.79 Å². The molecule has 0 aromatic carbocycles. The average molecular weight is 255 g/mol. The second-order valence-corrected chi connectivity index (χ2v) is 4.87. The Kier molecular flexibility index (Phi) is 5.25. The molecule has 6 heteroatoms. The van der Waals surface area contributed by atoms with E-state index in [4.69, 9.17) is 5.11 Å². The molecule has 6 nitrogen and oxygen atoms in total. The number of nitrogens with one attached hydrogen (secondary N) is 1. The van der Waals surface area contributed by atoms with Crippen molar-refractivity contribution in [3.05, 3.63) is 0 Å². The van der Waals surface area contributed by atoms with E-state index in [1.54, 1.807) is 0 Å². The number of carbonyl (C=O) groups is 2. The van der Waals surface area contributed by atoms with Gasteiger partial charge in [-0.2, -0.15) is 10.2 Å². The number of hydrogen-bond donors (Lipinski definition) is 2. The Morgan fingerprint density at radius 1 is 1.33 bits per heavy atom. The van der Waals surface area contributed by atoms with Crippen LogP contribution in [0.2, 0.25) is 0 Å². The van der Waals surface area contributed by atoms with Crippen molar-refractivity contribution in [1.29, 1.82) is 0 Å². The van der Waals surface area contributed by atoms with E-state index < -0.39 is 17.7 Å². The SMILES string of the molecule is CCCCCC(NC(=O)CCC1(C)N=N1)C(=O)O. The summed E-state index contributed by atoms with van der Waals surface area (Å²) in [5, 5.41) is 19.2. The van der Waals surface area contributed by atoms with Crippen LogP contribution in [0.1, 0.15) is 52.4 Å². The summed E-state index contributed by atoms with van der Waals surface area (Å²) < 4.78 is 0. The van der Waals surface area contributed by atoms with Gasteiger partial charge in [0.15, 0.2) is 5.66 Å². The van der Waals surface area contributed by atoms with Gasteiger partial charge in [0.2, 0.25) is 5.91 Å². The molecule has 0 aromatic heterocycles. The second-order valence-electron chi connectivity index (χ2n) is 4.87. The summed E-state index contributed by atoms with van der Waals surface area (Å²) in [6.45, 7) is 3.90. The fourth-order valence-corrected chi connectivity index (χ4v) is 1.66. The van der Waals surface area contributed by atoms with Crippen LogP contribution < -0.4 is 5.32 Å². The molecule has 0 radical (unpaired) electrons. The number of hydrogen-bond acceptors (Lipinski definition) is 4. The molecule has 1 unspecified atom stereocenters. The third kappa shape index (κ3) is 5.25. The molecule has 1 amide bonds. The summed E-state index contributed by atoms with van der Waals surface area (Å²) in [5.74, 6) is -1.20. The summed E-state index contributed by atoms with van der Waals surface area (Å²) in [4.78, 5) is 22.6. The Balaban J connectivity index is 2.25. The number of nitrogens with zero attached hydrogens (tertiary/aromatic N) is 2. The van der Waals surface area contributed by atoms with Gasteiger partial charge < -0.3 is 10.4 Å². The first-order valence-corrected chi connectivity index (χ1v) is 6.43. The number of amides is 1. The highest BCUT2D eigenvalue weighted by Gasteiger charge is 2.34. The molecule has 0 spiro atoms. The minimum atomic E-state index is -0.966. The molecule has 0 aliphatic carbocycles. The van der Waals surface area contributed by atoms with Gasteiger partial charge in [0.25, 0.3) is 0 Å². The fraction of sp³-hybridized carbons (Fsp3) is 0.833. The summed E-state index contributed by atoms with van der Waals surface area (Å²) >= 11 is 0. The van der Waals surface area contributed by atoms with Crippen molar-refractivity contribution < 1.29 is 14.7 Å². The molecular weight excluding hydrogens is 234 g/mol. The molecule has 0 saturated heterocycles. The van der Waals surface area contributed by atoms with E-state index in [2.05, 4.69) is 22.5 Å². The van der Waals surface area contributed by atoms with Crippen LogP contribution in [0.3, 0.4) is 0 Å². The number of rotatable bonds is 9. The van der Waals surface area contributed by atoms with Crippen molar-refractivity contribution in [3.8, 4) is 0 Å². The lowest BCUT2D eigenvalue weighted by atomic mass is 10.1. The molecule has 0 saturated carbocycles. The third-order valence-corrected chi connectivity index (χ3v) is 3.00. The predicted molar refractivity (Wildman–Crippen MR) is 66.2 cm³/mol. The van der Waals surface area contributed by atoms with E-state index in [0.717, 1.165) is 19.3 Å². The summed E-state index contributed by atoms with van der Waals surface area (Å²) in [7, 11) is 0. The molecule has 1 atom stereocenters. The Bertz CT molecular complexity index is 335. The lowest BCUT2D eigenvalue weighted by Gasteiger charge is -2.14. The van der Waals surface area contributed by atoms with Crippen LogP contribution in [0.25, 0.3) is 0 Å². The molecule has 1 heterocycles. The highest BCUT2D eigenvalue weighted by molar-refractivity contribution is 5.83. The summed E-state index contributed by atoms with van der Waals surface area (Å²) in [6, 6.07) is -0.773. The molecule has 0 fully saturated rings. The van der Waals surface area contributed by atoms with Gasteiger partial charge in [-0.1, -0.05) is 26.2 Å². The molecule has 18 heavy (non-hydrogen) atoms. The van der Waals surface area contributed by atoms with Gasteiger partial charge in [-0.05, 0) is 13.3 Å². The van der Waals surface area contributed by atoms with Crippen LogP contribution >= 0.6 is 0 Å². The largest absolute Gasteiger partial charge is 0.480 e. The Morgan fingerprint density at radius 3 is 2.50 bits per heavy atom. The first kappa shape index (κ1) is 14.6. The first-order chi connectivity index (χ1) is 8.47. The maximum absolute atomic E-state index is 11.6. The van der Waals surface area contributed by atoms with Gasteiger partial charge in [-0.15, -0.1) is 0 Å².